The molecule has 1 aromatic heterocycles. The third-order valence-corrected chi connectivity index (χ3v) is 5.40. The highest BCUT2D eigenvalue weighted by Crippen LogP contribution is 2.21. The molecule has 0 aliphatic carbocycles. The molecule has 0 radical (unpaired) electrons. The van der Waals surface area contributed by atoms with Crippen LogP contribution in [0.15, 0.2) is 95.8 Å². The highest BCUT2D eigenvalue weighted by Gasteiger charge is 2.10. The minimum atomic E-state index is -0.337. The van der Waals surface area contributed by atoms with Crippen LogP contribution < -0.4 is 20.3 Å². The smallest absolute Gasteiger partial charge is 0.266 e. The first kappa shape index (κ1) is 24.4. The summed E-state index contributed by atoms with van der Waals surface area (Å²) in [7, 11) is 1.59. The van der Waals surface area contributed by atoms with Gasteiger partial charge < -0.3 is 14.8 Å². The van der Waals surface area contributed by atoms with Crippen molar-refractivity contribution >= 4 is 11.7 Å². The monoisotopic (exact) mass is 483 g/mol. The number of amides is 1. The Hall–Kier alpha value is -4.72. The van der Waals surface area contributed by atoms with Crippen LogP contribution in [0.1, 0.15) is 15.9 Å². The molecule has 4 rings (SSSR count). The summed E-state index contributed by atoms with van der Waals surface area (Å²) in [6, 6.07) is 26.1. The third-order valence-electron chi connectivity index (χ3n) is 5.40. The fourth-order valence-electron chi connectivity index (χ4n) is 3.51. The molecule has 0 fully saturated rings. The number of nitrogens with zero attached hydrogens (tertiary/aromatic N) is 2. The van der Waals surface area contributed by atoms with Crippen molar-refractivity contribution in [2.24, 2.45) is 0 Å². The van der Waals surface area contributed by atoms with Gasteiger partial charge in [-0.15, -0.1) is 0 Å². The Morgan fingerprint density at radius 3 is 2.36 bits per heavy atom. The van der Waals surface area contributed by atoms with E-state index in [1.54, 1.807) is 49.6 Å². The Balaban J connectivity index is 1.27. The van der Waals surface area contributed by atoms with Gasteiger partial charge in [-0.05, 0) is 42.5 Å². The molecule has 4 aromatic rings. The van der Waals surface area contributed by atoms with Crippen molar-refractivity contribution in [3.8, 4) is 22.8 Å². The predicted molar refractivity (Wildman–Crippen MR) is 135 cm³/mol. The van der Waals surface area contributed by atoms with Crippen molar-refractivity contribution in [2.75, 3.05) is 20.3 Å². The van der Waals surface area contributed by atoms with Gasteiger partial charge in [0.1, 0.15) is 11.5 Å². The number of aromatic nitrogens is 2. The molecular formula is C28H25N3O5. The first-order chi connectivity index (χ1) is 17.5. The molecule has 1 N–H and O–H groups in total. The highest BCUT2D eigenvalue weighted by atomic mass is 16.5. The zero-order valence-corrected chi connectivity index (χ0v) is 19.7. The lowest BCUT2D eigenvalue weighted by molar-refractivity contribution is -0.123. The van der Waals surface area contributed by atoms with Crippen LogP contribution >= 0.6 is 0 Å². The topological polar surface area (TPSA) is 99.5 Å². The van der Waals surface area contributed by atoms with Crippen LogP contribution in [-0.2, 0) is 11.3 Å². The lowest BCUT2D eigenvalue weighted by Gasteiger charge is -2.10. The second-order valence-corrected chi connectivity index (χ2v) is 7.87. The van der Waals surface area contributed by atoms with Gasteiger partial charge in [0, 0.05) is 29.3 Å². The third kappa shape index (κ3) is 6.24. The van der Waals surface area contributed by atoms with Gasteiger partial charge in [0.25, 0.3) is 11.5 Å². The van der Waals surface area contributed by atoms with Gasteiger partial charge in [0.05, 0.1) is 19.3 Å². The molecule has 0 bridgehead atoms. The maximum absolute atomic E-state index is 12.5. The molecule has 0 spiro atoms. The van der Waals surface area contributed by atoms with Crippen molar-refractivity contribution in [3.63, 3.8) is 0 Å². The molecule has 8 nitrogen and oxygen atoms in total. The molecule has 0 atom stereocenters. The van der Waals surface area contributed by atoms with Gasteiger partial charge >= 0.3 is 0 Å². The van der Waals surface area contributed by atoms with Crippen LogP contribution in [0, 0.1) is 0 Å². The number of nitrogens with one attached hydrogen (secondary N) is 1. The van der Waals surface area contributed by atoms with Gasteiger partial charge in [-0.1, -0.05) is 42.5 Å². The van der Waals surface area contributed by atoms with E-state index in [2.05, 4.69) is 10.4 Å². The minimum absolute atomic E-state index is 0.0841. The molecule has 36 heavy (non-hydrogen) atoms. The maximum atomic E-state index is 12.5. The number of ketones is 1. The first-order valence-electron chi connectivity index (χ1n) is 11.4. The Morgan fingerprint density at radius 2 is 1.61 bits per heavy atom. The van der Waals surface area contributed by atoms with Gasteiger partial charge in [0.2, 0.25) is 0 Å². The Labute approximate surface area is 208 Å². The SMILES string of the molecule is COc1cccc(-c2ccc(=O)n(CCNC(=O)COc3ccc(C(=O)c4ccccc4)cc3)n2)c1. The average Bonchev–Trinajstić information content (AvgIpc) is 2.93. The summed E-state index contributed by atoms with van der Waals surface area (Å²) in [5.74, 6) is 0.742. The fourth-order valence-corrected chi connectivity index (χ4v) is 3.51. The number of methoxy groups -OCH3 is 1. The average molecular weight is 484 g/mol. The number of hydrogen-bond acceptors (Lipinski definition) is 6. The quantitative estimate of drug-likeness (QED) is 0.347. The van der Waals surface area contributed by atoms with E-state index in [-0.39, 0.29) is 36.9 Å². The molecule has 8 heteroatoms. The summed E-state index contributed by atoms with van der Waals surface area (Å²) in [5.41, 5.74) is 2.31. The summed E-state index contributed by atoms with van der Waals surface area (Å²) in [4.78, 5) is 36.9. The first-order valence-corrected chi connectivity index (χ1v) is 11.4. The highest BCUT2D eigenvalue weighted by molar-refractivity contribution is 6.09. The fraction of sp³-hybridized carbons (Fsp3) is 0.143. The van der Waals surface area contributed by atoms with Gasteiger partial charge in [-0.2, -0.15) is 5.10 Å². The molecule has 1 heterocycles. The molecule has 182 valence electrons. The zero-order chi connectivity index (χ0) is 25.3. The molecular weight excluding hydrogens is 458 g/mol. The number of carbonyl (C=O) groups is 2. The van der Waals surface area contributed by atoms with E-state index in [1.165, 1.54) is 10.7 Å². The second kappa shape index (κ2) is 11.6. The van der Waals surface area contributed by atoms with E-state index < -0.39 is 0 Å². The second-order valence-electron chi connectivity index (χ2n) is 7.87. The summed E-state index contributed by atoms with van der Waals surface area (Å²) >= 11 is 0. The van der Waals surface area contributed by atoms with Crippen molar-refractivity contribution in [2.45, 2.75) is 6.54 Å². The van der Waals surface area contributed by atoms with E-state index in [4.69, 9.17) is 9.47 Å². The number of hydrogen-bond donors (Lipinski definition) is 1. The molecule has 0 unspecified atom stereocenters. The van der Waals surface area contributed by atoms with Crippen molar-refractivity contribution in [1.29, 1.82) is 0 Å². The summed E-state index contributed by atoms with van der Waals surface area (Å²) in [5, 5.41) is 7.11. The molecule has 0 saturated carbocycles. The molecule has 0 aliphatic heterocycles. The standard InChI is InChI=1S/C28H25N3O5/c1-35-24-9-5-8-22(18-24)25-14-15-27(33)31(30-25)17-16-29-26(32)19-36-23-12-10-21(11-13-23)28(34)20-6-3-2-4-7-20/h2-15,18H,16-17,19H2,1H3,(H,29,32). The van der Waals surface area contributed by atoms with Gasteiger partial charge in [-0.25, -0.2) is 4.68 Å². The van der Waals surface area contributed by atoms with Gasteiger partial charge in [-0.3, -0.25) is 14.4 Å². The number of carbonyl (C=O) groups excluding carboxylic acids is 2. The Morgan fingerprint density at radius 1 is 0.861 bits per heavy atom. The number of rotatable bonds is 10. The lowest BCUT2D eigenvalue weighted by atomic mass is 10.0. The molecule has 1 amide bonds. The minimum Gasteiger partial charge on any atom is -0.497 e. The summed E-state index contributed by atoms with van der Waals surface area (Å²) < 4.78 is 12.1. The van der Waals surface area contributed by atoms with E-state index in [9.17, 15) is 14.4 Å². The van der Waals surface area contributed by atoms with Gasteiger partial charge in [0.15, 0.2) is 12.4 Å². The molecule has 0 aliphatic rings. The van der Waals surface area contributed by atoms with E-state index in [0.717, 1.165) is 5.56 Å². The zero-order valence-electron chi connectivity index (χ0n) is 19.7. The molecule has 3 aromatic carbocycles. The Bertz CT molecular complexity index is 1400. The van der Waals surface area contributed by atoms with Crippen LogP contribution in [0.25, 0.3) is 11.3 Å². The maximum Gasteiger partial charge on any atom is 0.266 e. The van der Waals surface area contributed by atoms with Crippen LogP contribution in [-0.4, -0.2) is 41.7 Å². The lowest BCUT2D eigenvalue weighted by Crippen LogP contribution is -2.34. The van der Waals surface area contributed by atoms with Crippen molar-refractivity contribution in [3.05, 3.63) is 112 Å². The summed E-state index contributed by atoms with van der Waals surface area (Å²) in [6.45, 7) is 0.220. The van der Waals surface area contributed by atoms with Crippen LogP contribution in [0.2, 0.25) is 0 Å². The van der Waals surface area contributed by atoms with E-state index in [0.29, 0.717) is 28.3 Å². The molecule has 0 saturated heterocycles. The Kier molecular flexibility index (Phi) is 7.87. The van der Waals surface area contributed by atoms with Crippen molar-refractivity contribution < 1.29 is 19.1 Å². The normalized spacial score (nSPS) is 10.5. The van der Waals surface area contributed by atoms with E-state index >= 15 is 0 Å². The van der Waals surface area contributed by atoms with Crippen molar-refractivity contribution in [1.82, 2.24) is 15.1 Å². The number of benzene rings is 3. The van der Waals surface area contributed by atoms with Crippen LogP contribution in [0.5, 0.6) is 11.5 Å². The van der Waals surface area contributed by atoms with E-state index in [1.807, 2.05) is 42.5 Å². The largest absolute Gasteiger partial charge is 0.497 e. The van der Waals surface area contributed by atoms with Crippen LogP contribution in [0.3, 0.4) is 0 Å². The van der Waals surface area contributed by atoms with Crippen LogP contribution in [0.4, 0.5) is 0 Å². The number of ether oxygens (including phenoxy) is 2. The summed E-state index contributed by atoms with van der Waals surface area (Å²) in [6.07, 6.45) is 0. The predicted octanol–water partition coefficient (Wildman–Crippen LogP) is 3.35.